The summed E-state index contributed by atoms with van der Waals surface area (Å²) in [6.45, 7) is 4.81. The summed E-state index contributed by atoms with van der Waals surface area (Å²) >= 11 is 1.87. The summed E-state index contributed by atoms with van der Waals surface area (Å²) in [6.07, 6.45) is 3.26. The zero-order valence-electron chi connectivity index (χ0n) is 10.8. The molecule has 0 aliphatic heterocycles. The summed E-state index contributed by atoms with van der Waals surface area (Å²) in [5.74, 6) is 1.99. The number of nitrogens with two attached hydrogens (primary N) is 1. The summed E-state index contributed by atoms with van der Waals surface area (Å²) in [5.41, 5.74) is 7.60. The Morgan fingerprint density at radius 2 is 2.18 bits per heavy atom. The fourth-order valence-electron chi connectivity index (χ4n) is 1.61. The Kier molecular flexibility index (Phi) is 6.05. The molecule has 3 nitrogen and oxygen atoms in total. The fourth-order valence-corrected chi connectivity index (χ4v) is 2.20. The first-order chi connectivity index (χ1) is 8.15. The van der Waals surface area contributed by atoms with Gasteiger partial charge >= 0.3 is 0 Å². The highest BCUT2D eigenvalue weighted by Crippen LogP contribution is 2.23. The first-order valence-electron chi connectivity index (χ1n) is 5.94. The van der Waals surface area contributed by atoms with Crippen LogP contribution in [0.2, 0.25) is 0 Å². The third-order valence-electron chi connectivity index (χ3n) is 2.41. The first-order valence-corrected chi connectivity index (χ1v) is 7.34. The Labute approximate surface area is 108 Å². The quantitative estimate of drug-likeness (QED) is 0.733. The molecule has 1 unspecified atom stereocenters. The summed E-state index contributed by atoms with van der Waals surface area (Å²) in [5, 5.41) is 3.44. The lowest BCUT2D eigenvalue weighted by Crippen LogP contribution is -2.16. The molecule has 0 fully saturated rings. The number of hydrogen-bond acceptors (Lipinski definition) is 4. The molecular weight excluding hydrogens is 232 g/mol. The lowest BCUT2D eigenvalue weighted by atomic mass is 10.2. The second-order valence-corrected chi connectivity index (χ2v) is 5.04. The van der Waals surface area contributed by atoms with E-state index in [-0.39, 0.29) is 0 Å². The molecule has 0 saturated carbocycles. The number of rotatable bonds is 7. The number of nitrogens with one attached hydrogen (secondary N) is 1. The summed E-state index contributed by atoms with van der Waals surface area (Å²) < 4.78 is 5.47. The zero-order valence-corrected chi connectivity index (χ0v) is 11.6. The van der Waals surface area contributed by atoms with Gasteiger partial charge in [0.25, 0.3) is 0 Å². The SMILES string of the molecule is CCOc1cc(N)cc(NC(C)CCSC)c1. The van der Waals surface area contributed by atoms with Crippen molar-refractivity contribution in [3.05, 3.63) is 18.2 Å². The van der Waals surface area contributed by atoms with Gasteiger partial charge in [0, 0.05) is 29.5 Å². The highest BCUT2D eigenvalue weighted by Gasteiger charge is 2.04. The molecule has 3 N–H and O–H groups in total. The highest BCUT2D eigenvalue weighted by molar-refractivity contribution is 7.98. The van der Waals surface area contributed by atoms with Crippen LogP contribution in [0.4, 0.5) is 11.4 Å². The molecule has 96 valence electrons. The van der Waals surface area contributed by atoms with Gasteiger partial charge in [0.1, 0.15) is 5.75 Å². The smallest absolute Gasteiger partial charge is 0.123 e. The van der Waals surface area contributed by atoms with Gasteiger partial charge in [-0.3, -0.25) is 0 Å². The van der Waals surface area contributed by atoms with Crippen molar-refractivity contribution in [2.24, 2.45) is 0 Å². The lowest BCUT2D eigenvalue weighted by molar-refractivity contribution is 0.340. The first kappa shape index (κ1) is 14.0. The number of benzene rings is 1. The number of hydrogen-bond donors (Lipinski definition) is 2. The second-order valence-electron chi connectivity index (χ2n) is 4.05. The number of ether oxygens (including phenoxy) is 1. The molecule has 0 bridgehead atoms. The summed E-state index contributed by atoms with van der Waals surface area (Å²) in [4.78, 5) is 0. The van der Waals surface area contributed by atoms with Gasteiger partial charge < -0.3 is 15.8 Å². The van der Waals surface area contributed by atoms with Crippen LogP contribution in [0.1, 0.15) is 20.3 Å². The largest absolute Gasteiger partial charge is 0.494 e. The highest BCUT2D eigenvalue weighted by atomic mass is 32.2. The monoisotopic (exact) mass is 254 g/mol. The second kappa shape index (κ2) is 7.33. The minimum Gasteiger partial charge on any atom is -0.494 e. The minimum atomic E-state index is 0.443. The van der Waals surface area contributed by atoms with E-state index < -0.39 is 0 Å². The Bertz CT molecular complexity index is 344. The van der Waals surface area contributed by atoms with Crippen LogP contribution in [0.15, 0.2) is 18.2 Å². The number of anilines is 2. The third kappa shape index (κ3) is 5.22. The van der Waals surface area contributed by atoms with Crippen molar-refractivity contribution in [2.75, 3.05) is 29.7 Å². The molecule has 0 aliphatic carbocycles. The van der Waals surface area contributed by atoms with Crippen molar-refractivity contribution in [1.29, 1.82) is 0 Å². The van der Waals surface area contributed by atoms with Gasteiger partial charge in [0.15, 0.2) is 0 Å². The van der Waals surface area contributed by atoms with Gasteiger partial charge in [-0.2, -0.15) is 11.8 Å². The van der Waals surface area contributed by atoms with E-state index in [0.29, 0.717) is 12.6 Å². The van der Waals surface area contributed by atoms with Crippen molar-refractivity contribution in [2.45, 2.75) is 26.3 Å². The molecule has 4 heteroatoms. The molecule has 0 heterocycles. The molecular formula is C13H22N2OS. The number of nitrogen functional groups attached to an aromatic ring is 1. The van der Waals surface area contributed by atoms with Crippen molar-refractivity contribution in [3.63, 3.8) is 0 Å². The van der Waals surface area contributed by atoms with Gasteiger partial charge in [0.2, 0.25) is 0 Å². The van der Waals surface area contributed by atoms with Crippen molar-refractivity contribution in [1.82, 2.24) is 0 Å². The van der Waals surface area contributed by atoms with Crippen LogP contribution in [-0.2, 0) is 0 Å². The maximum absolute atomic E-state index is 5.84. The van der Waals surface area contributed by atoms with Crippen molar-refractivity contribution in [3.8, 4) is 5.75 Å². The Morgan fingerprint density at radius 1 is 1.41 bits per heavy atom. The van der Waals surface area contributed by atoms with Gasteiger partial charge in [-0.1, -0.05) is 0 Å². The third-order valence-corrected chi connectivity index (χ3v) is 3.05. The predicted octanol–water partition coefficient (Wildman–Crippen LogP) is 3.22. The summed E-state index contributed by atoms with van der Waals surface area (Å²) in [6, 6.07) is 6.23. The van der Waals surface area contributed by atoms with Gasteiger partial charge in [0.05, 0.1) is 6.61 Å². The van der Waals surface area contributed by atoms with E-state index in [1.54, 1.807) is 0 Å². The molecule has 0 spiro atoms. The predicted molar refractivity (Wildman–Crippen MR) is 78.1 cm³/mol. The van der Waals surface area contributed by atoms with E-state index in [9.17, 15) is 0 Å². The van der Waals surface area contributed by atoms with Gasteiger partial charge in [-0.25, -0.2) is 0 Å². The Balaban J connectivity index is 2.63. The van der Waals surface area contributed by atoms with Crippen LogP contribution in [0.5, 0.6) is 5.75 Å². The molecule has 0 saturated heterocycles. The molecule has 0 aliphatic rings. The Hall–Kier alpha value is -1.03. The molecule has 1 aromatic carbocycles. The van der Waals surface area contributed by atoms with Gasteiger partial charge in [-0.05, 0) is 38.3 Å². The average molecular weight is 254 g/mol. The van der Waals surface area contributed by atoms with E-state index in [4.69, 9.17) is 10.5 Å². The normalized spacial score (nSPS) is 12.2. The molecule has 1 rings (SSSR count). The van der Waals surface area contributed by atoms with Gasteiger partial charge in [-0.15, -0.1) is 0 Å². The van der Waals surface area contributed by atoms with E-state index in [1.165, 1.54) is 0 Å². The lowest BCUT2D eigenvalue weighted by Gasteiger charge is -2.16. The minimum absolute atomic E-state index is 0.443. The van der Waals surface area contributed by atoms with E-state index in [0.717, 1.165) is 29.3 Å². The molecule has 0 aromatic heterocycles. The molecule has 1 atom stereocenters. The van der Waals surface area contributed by atoms with Crippen LogP contribution in [0, 0.1) is 0 Å². The van der Waals surface area contributed by atoms with Crippen molar-refractivity contribution >= 4 is 23.1 Å². The van der Waals surface area contributed by atoms with Crippen LogP contribution in [0.25, 0.3) is 0 Å². The molecule has 1 aromatic rings. The average Bonchev–Trinajstić information content (AvgIpc) is 2.26. The maximum Gasteiger partial charge on any atom is 0.123 e. The van der Waals surface area contributed by atoms with E-state index in [2.05, 4.69) is 18.5 Å². The summed E-state index contributed by atoms with van der Waals surface area (Å²) in [7, 11) is 0. The molecule has 0 radical (unpaired) electrons. The standard InChI is InChI=1S/C13H22N2OS/c1-4-16-13-8-11(14)7-12(9-13)15-10(2)5-6-17-3/h7-10,15H,4-6,14H2,1-3H3. The maximum atomic E-state index is 5.84. The van der Waals surface area contributed by atoms with E-state index in [1.807, 2.05) is 36.9 Å². The fraction of sp³-hybridized carbons (Fsp3) is 0.538. The number of thioether (sulfide) groups is 1. The topological polar surface area (TPSA) is 47.3 Å². The zero-order chi connectivity index (χ0) is 12.7. The van der Waals surface area contributed by atoms with Crippen LogP contribution < -0.4 is 15.8 Å². The molecule has 17 heavy (non-hydrogen) atoms. The van der Waals surface area contributed by atoms with Crippen LogP contribution >= 0.6 is 11.8 Å². The van der Waals surface area contributed by atoms with Crippen LogP contribution in [-0.4, -0.2) is 24.7 Å². The van der Waals surface area contributed by atoms with Crippen molar-refractivity contribution < 1.29 is 4.74 Å². The van der Waals surface area contributed by atoms with E-state index >= 15 is 0 Å². The molecule has 0 amide bonds. The van der Waals surface area contributed by atoms with Crippen LogP contribution in [0.3, 0.4) is 0 Å². The Morgan fingerprint density at radius 3 is 2.82 bits per heavy atom.